The molecule has 0 saturated heterocycles. The fourth-order valence-electron chi connectivity index (χ4n) is 1.66. The van der Waals surface area contributed by atoms with Crippen molar-refractivity contribution in [2.24, 2.45) is 0 Å². The molecule has 0 N–H and O–H groups in total. The number of aryl methyl sites for hydroxylation is 1. The third-order valence-electron chi connectivity index (χ3n) is 2.44. The number of nitro groups is 1. The Hall–Kier alpha value is -1.91. The van der Waals surface area contributed by atoms with E-state index in [4.69, 9.17) is 4.74 Å². The van der Waals surface area contributed by atoms with Crippen molar-refractivity contribution in [3.8, 4) is 0 Å². The van der Waals surface area contributed by atoms with Gasteiger partial charge in [-0.25, -0.2) is 4.79 Å². The minimum absolute atomic E-state index is 0.0588. The summed E-state index contributed by atoms with van der Waals surface area (Å²) < 4.78 is 4.85. The monoisotopic (exact) mass is 207 g/mol. The van der Waals surface area contributed by atoms with E-state index >= 15 is 0 Å². The molecule has 1 aliphatic heterocycles. The van der Waals surface area contributed by atoms with Gasteiger partial charge in [0.05, 0.1) is 17.1 Å². The predicted octanol–water partition coefficient (Wildman–Crippen LogP) is 1.62. The summed E-state index contributed by atoms with van der Waals surface area (Å²) in [5, 5.41) is 10.7. The van der Waals surface area contributed by atoms with Crippen LogP contribution in [0.4, 0.5) is 5.69 Å². The number of nitrogens with zero attached hydrogens (tertiary/aromatic N) is 1. The molecule has 0 fully saturated rings. The molecular formula is C10H9NO4. The Morgan fingerprint density at radius 1 is 1.47 bits per heavy atom. The van der Waals surface area contributed by atoms with Gasteiger partial charge in [0.25, 0.3) is 5.69 Å². The van der Waals surface area contributed by atoms with E-state index in [0.717, 1.165) is 0 Å². The molecule has 2 rings (SSSR count). The summed E-state index contributed by atoms with van der Waals surface area (Å²) in [7, 11) is 0. The lowest BCUT2D eigenvalue weighted by atomic mass is 9.99. The first-order chi connectivity index (χ1) is 7.09. The highest BCUT2D eigenvalue weighted by atomic mass is 16.6. The molecule has 5 heteroatoms. The van der Waals surface area contributed by atoms with Gasteiger partial charge in [0.2, 0.25) is 0 Å². The number of benzene rings is 1. The maximum Gasteiger partial charge on any atom is 0.338 e. The number of cyclic esters (lactones) is 1. The van der Waals surface area contributed by atoms with Gasteiger partial charge in [-0.2, -0.15) is 0 Å². The minimum atomic E-state index is -0.435. The van der Waals surface area contributed by atoms with E-state index in [9.17, 15) is 14.9 Å². The molecule has 1 aliphatic rings. The van der Waals surface area contributed by atoms with E-state index in [1.165, 1.54) is 12.1 Å². The lowest BCUT2D eigenvalue weighted by molar-refractivity contribution is -0.385. The SMILES string of the molecule is Cc1cc2c(cc1[N+](=O)[O-])CCOC2=O. The van der Waals surface area contributed by atoms with Crippen LogP contribution in [-0.4, -0.2) is 17.5 Å². The number of rotatable bonds is 1. The summed E-state index contributed by atoms with van der Waals surface area (Å²) in [4.78, 5) is 21.6. The molecule has 0 aromatic heterocycles. The summed E-state index contributed by atoms with van der Waals surface area (Å²) in [6.07, 6.45) is 0.544. The average molecular weight is 207 g/mol. The van der Waals surface area contributed by atoms with E-state index in [-0.39, 0.29) is 5.69 Å². The number of esters is 1. The molecule has 15 heavy (non-hydrogen) atoms. The van der Waals surface area contributed by atoms with Gasteiger partial charge >= 0.3 is 5.97 Å². The lowest BCUT2D eigenvalue weighted by Crippen LogP contribution is -2.18. The molecule has 0 unspecified atom stereocenters. The van der Waals surface area contributed by atoms with Gasteiger partial charge in [0.1, 0.15) is 0 Å². The third kappa shape index (κ3) is 1.56. The molecule has 0 saturated carbocycles. The van der Waals surface area contributed by atoms with Gasteiger partial charge in [-0.1, -0.05) is 0 Å². The molecule has 1 aromatic carbocycles. The van der Waals surface area contributed by atoms with Crippen molar-refractivity contribution in [3.63, 3.8) is 0 Å². The van der Waals surface area contributed by atoms with Crippen LogP contribution >= 0.6 is 0 Å². The number of carbonyl (C=O) groups excluding carboxylic acids is 1. The van der Waals surface area contributed by atoms with Crippen molar-refractivity contribution in [2.75, 3.05) is 6.61 Å². The van der Waals surface area contributed by atoms with Gasteiger partial charge in [-0.05, 0) is 18.6 Å². The van der Waals surface area contributed by atoms with Crippen molar-refractivity contribution >= 4 is 11.7 Å². The van der Waals surface area contributed by atoms with Crippen LogP contribution in [0.1, 0.15) is 21.5 Å². The minimum Gasteiger partial charge on any atom is -0.462 e. The first-order valence-electron chi connectivity index (χ1n) is 4.54. The van der Waals surface area contributed by atoms with Crippen LogP contribution in [0.2, 0.25) is 0 Å². The number of carbonyl (C=O) groups is 1. The molecule has 1 heterocycles. The Bertz CT molecular complexity index is 453. The largest absolute Gasteiger partial charge is 0.462 e. The second-order valence-electron chi connectivity index (χ2n) is 3.44. The highest BCUT2D eigenvalue weighted by Crippen LogP contribution is 2.26. The van der Waals surface area contributed by atoms with E-state index in [0.29, 0.717) is 29.7 Å². The van der Waals surface area contributed by atoms with Crippen LogP contribution in [-0.2, 0) is 11.2 Å². The maximum atomic E-state index is 11.3. The van der Waals surface area contributed by atoms with Crippen molar-refractivity contribution in [1.82, 2.24) is 0 Å². The van der Waals surface area contributed by atoms with Gasteiger partial charge < -0.3 is 4.74 Å². The highest BCUT2D eigenvalue weighted by Gasteiger charge is 2.23. The van der Waals surface area contributed by atoms with Crippen LogP contribution in [0.3, 0.4) is 0 Å². The quantitative estimate of drug-likeness (QED) is 0.398. The number of nitro benzene ring substituents is 1. The molecule has 0 aliphatic carbocycles. The zero-order valence-corrected chi connectivity index (χ0v) is 8.15. The van der Waals surface area contributed by atoms with Crippen molar-refractivity contribution in [2.45, 2.75) is 13.3 Å². The second kappa shape index (κ2) is 3.34. The molecule has 78 valence electrons. The first-order valence-corrected chi connectivity index (χ1v) is 4.54. The van der Waals surface area contributed by atoms with E-state index in [1.807, 2.05) is 0 Å². The van der Waals surface area contributed by atoms with Crippen LogP contribution < -0.4 is 0 Å². The van der Waals surface area contributed by atoms with Crippen molar-refractivity contribution < 1.29 is 14.5 Å². The average Bonchev–Trinajstić information content (AvgIpc) is 2.18. The van der Waals surface area contributed by atoms with Gasteiger partial charge in [0.15, 0.2) is 0 Å². The Labute approximate surface area is 85.8 Å². The zero-order valence-electron chi connectivity index (χ0n) is 8.15. The number of hydrogen-bond acceptors (Lipinski definition) is 4. The fraction of sp³-hybridized carbons (Fsp3) is 0.300. The third-order valence-corrected chi connectivity index (χ3v) is 2.44. The van der Waals surface area contributed by atoms with E-state index < -0.39 is 10.9 Å². The predicted molar refractivity (Wildman–Crippen MR) is 51.8 cm³/mol. The Morgan fingerprint density at radius 3 is 2.87 bits per heavy atom. The van der Waals surface area contributed by atoms with E-state index in [1.54, 1.807) is 6.92 Å². The topological polar surface area (TPSA) is 69.4 Å². The van der Waals surface area contributed by atoms with Crippen LogP contribution in [0, 0.1) is 17.0 Å². The first kappa shape index (κ1) is 9.64. The molecule has 0 radical (unpaired) electrons. The molecule has 5 nitrogen and oxygen atoms in total. The smallest absolute Gasteiger partial charge is 0.338 e. The molecule has 0 amide bonds. The normalized spacial score (nSPS) is 14.3. The number of fused-ring (bicyclic) bond motifs is 1. The fourth-order valence-corrected chi connectivity index (χ4v) is 1.66. The maximum absolute atomic E-state index is 11.3. The summed E-state index contributed by atoms with van der Waals surface area (Å²) in [5.41, 5.74) is 1.69. The van der Waals surface area contributed by atoms with Gasteiger partial charge in [-0.3, -0.25) is 10.1 Å². The lowest BCUT2D eigenvalue weighted by Gasteiger charge is -2.15. The molecule has 0 spiro atoms. The second-order valence-corrected chi connectivity index (χ2v) is 3.44. The molecular weight excluding hydrogens is 198 g/mol. The molecule has 1 aromatic rings. The van der Waals surface area contributed by atoms with Crippen LogP contribution in [0.25, 0.3) is 0 Å². The summed E-state index contributed by atoms with van der Waals surface area (Å²) >= 11 is 0. The number of ether oxygens (including phenoxy) is 1. The van der Waals surface area contributed by atoms with Crippen LogP contribution in [0.15, 0.2) is 12.1 Å². The summed E-state index contributed by atoms with van der Waals surface area (Å²) in [5.74, 6) is -0.394. The standard InChI is InChI=1S/C10H9NO4/c1-6-4-8-7(2-3-15-10(8)12)5-9(6)11(13)14/h4-5H,2-3H2,1H3. The van der Waals surface area contributed by atoms with Crippen molar-refractivity contribution in [3.05, 3.63) is 38.9 Å². The number of hydrogen-bond donors (Lipinski definition) is 0. The Balaban J connectivity index is 2.59. The summed E-state index contributed by atoms with van der Waals surface area (Å²) in [6.45, 7) is 1.91. The van der Waals surface area contributed by atoms with Gasteiger partial charge in [-0.15, -0.1) is 0 Å². The highest BCUT2D eigenvalue weighted by molar-refractivity contribution is 5.92. The zero-order chi connectivity index (χ0) is 11.0. The molecule has 0 atom stereocenters. The van der Waals surface area contributed by atoms with Crippen LogP contribution in [0.5, 0.6) is 0 Å². The Kier molecular flexibility index (Phi) is 2.15. The summed E-state index contributed by atoms with van der Waals surface area (Å²) in [6, 6.07) is 2.99. The van der Waals surface area contributed by atoms with E-state index in [2.05, 4.69) is 0 Å². The molecule has 0 bridgehead atoms. The van der Waals surface area contributed by atoms with Gasteiger partial charge in [0, 0.05) is 18.1 Å². The van der Waals surface area contributed by atoms with Crippen molar-refractivity contribution in [1.29, 1.82) is 0 Å². The Morgan fingerprint density at radius 2 is 2.20 bits per heavy atom.